The van der Waals surface area contributed by atoms with Crippen molar-refractivity contribution in [3.05, 3.63) is 34.7 Å². The van der Waals surface area contributed by atoms with Crippen molar-refractivity contribution in [1.82, 2.24) is 0 Å². The lowest BCUT2D eigenvalue weighted by molar-refractivity contribution is -0.117. The average Bonchev–Trinajstić information content (AvgIpc) is 2.74. The van der Waals surface area contributed by atoms with Gasteiger partial charge in [0.05, 0.1) is 6.57 Å². The third-order valence-corrected chi connectivity index (χ3v) is 3.91. The van der Waals surface area contributed by atoms with E-state index in [9.17, 15) is 4.79 Å². The lowest BCUT2D eigenvalue weighted by atomic mass is 10.0. The van der Waals surface area contributed by atoms with Crippen LogP contribution in [0.2, 0.25) is 0 Å². The third kappa shape index (κ3) is 1.88. The molecule has 2 rings (SSSR count). The Balaban J connectivity index is 2.49. The van der Waals surface area contributed by atoms with Crippen molar-refractivity contribution < 1.29 is 4.79 Å². The molecule has 1 aromatic carbocycles. The zero-order valence-electron chi connectivity index (χ0n) is 11.2. The number of rotatable bonds is 2. The molecule has 0 N–H and O–H groups in total. The maximum Gasteiger partial charge on any atom is 0.227 e. The van der Waals surface area contributed by atoms with Crippen LogP contribution in [0.5, 0.6) is 0 Å². The summed E-state index contributed by atoms with van der Waals surface area (Å²) < 4.78 is 0. The van der Waals surface area contributed by atoms with Gasteiger partial charge >= 0.3 is 0 Å². The summed E-state index contributed by atoms with van der Waals surface area (Å²) in [5.41, 5.74) is 3.69. The molecule has 1 aliphatic rings. The van der Waals surface area contributed by atoms with Crippen LogP contribution >= 0.6 is 0 Å². The minimum atomic E-state index is 0.208. The fourth-order valence-corrected chi connectivity index (χ4v) is 2.64. The van der Waals surface area contributed by atoms with Crippen molar-refractivity contribution in [2.75, 3.05) is 4.90 Å². The van der Waals surface area contributed by atoms with Crippen LogP contribution in [0.25, 0.3) is 4.85 Å². The van der Waals surface area contributed by atoms with E-state index in [0.717, 1.165) is 29.7 Å². The van der Waals surface area contributed by atoms with Crippen LogP contribution in [0.15, 0.2) is 12.1 Å². The summed E-state index contributed by atoms with van der Waals surface area (Å²) in [5, 5.41) is 0. The van der Waals surface area contributed by atoms with Gasteiger partial charge in [0, 0.05) is 18.2 Å². The van der Waals surface area contributed by atoms with Crippen LogP contribution in [-0.2, 0) is 4.79 Å². The summed E-state index contributed by atoms with van der Waals surface area (Å²) in [5.74, 6) is 0.208. The minimum absolute atomic E-state index is 0.208. The van der Waals surface area contributed by atoms with Crippen LogP contribution in [-0.4, -0.2) is 11.9 Å². The number of amides is 1. The summed E-state index contributed by atoms with van der Waals surface area (Å²) in [6.45, 7) is 13.2. The van der Waals surface area contributed by atoms with Gasteiger partial charge in [-0.15, -0.1) is 0 Å². The first-order valence-corrected chi connectivity index (χ1v) is 6.39. The van der Waals surface area contributed by atoms with Crippen LogP contribution in [0.4, 0.5) is 11.4 Å². The Kier molecular flexibility index (Phi) is 3.38. The van der Waals surface area contributed by atoms with E-state index in [2.05, 4.69) is 11.8 Å². The number of hydrogen-bond acceptors (Lipinski definition) is 1. The predicted molar refractivity (Wildman–Crippen MR) is 73.0 cm³/mol. The summed E-state index contributed by atoms with van der Waals surface area (Å²) in [6.07, 6.45) is 2.56. The van der Waals surface area contributed by atoms with Crippen LogP contribution in [0.3, 0.4) is 0 Å². The molecule has 1 heterocycles. The van der Waals surface area contributed by atoms with Gasteiger partial charge in [0.2, 0.25) is 5.91 Å². The molecule has 1 aliphatic heterocycles. The molecular weight excluding hydrogens is 224 g/mol. The Morgan fingerprint density at radius 3 is 2.72 bits per heavy atom. The quantitative estimate of drug-likeness (QED) is 0.725. The van der Waals surface area contributed by atoms with Crippen molar-refractivity contribution in [3.63, 3.8) is 0 Å². The Hall–Kier alpha value is -1.82. The molecule has 3 nitrogen and oxygen atoms in total. The number of carbonyl (C=O) groups is 1. The van der Waals surface area contributed by atoms with Gasteiger partial charge in [0.15, 0.2) is 5.69 Å². The molecule has 0 aliphatic carbocycles. The van der Waals surface area contributed by atoms with Crippen LogP contribution in [0.1, 0.15) is 37.3 Å². The average molecular weight is 242 g/mol. The van der Waals surface area contributed by atoms with Gasteiger partial charge in [-0.05, 0) is 43.9 Å². The highest BCUT2D eigenvalue weighted by atomic mass is 16.2. The van der Waals surface area contributed by atoms with Gasteiger partial charge in [-0.3, -0.25) is 4.79 Å². The maximum absolute atomic E-state index is 12.0. The second-order valence-corrected chi connectivity index (χ2v) is 4.83. The molecule has 0 radical (unpaired) electrons. The minimum Gasteiger partial charge on any atom is -0.309 e. The Morgan fingerprint density at radius 1 is 1.39 bits per heavy atom. The topological polar surface area (TPSA) is 24.7 Å². The molecule has 1 atom stereocenters. The molecule has 1 amide bonds. The smallest absolute Gasteiger partial charge is 0.227 e. The number of benzene rings is 1. The number of hydrogen-bond donors (Lipinski definition) is 0. The second-order valence-electron chi connectivity index (χ2n) is 4.83. The highest BCUT2D eigenvalue weighted by Gasteiger charge is 2.31. The van der Waals surface area contributed by atoms with E-state index in [4.69, 9.17) is 6.57 Å². The zero-order chi connectivity index (χ0) is 13.3. The molecule has 1 saturated heterocycles. The lowest BCUT2D eigenvalue weighted by Gasteiger charge is -2.26. The zero-order valence-corrected chi connectivity index (χ0v) is 11.2. The Labute approximate surface area is 108 Å². The summed E-state index contributed by atoms with van der Waals surface area (Å²) in [7, 11) is 0. The second kappa shape index (κ2) is 4.81. The molecule has 0 unspecified atom stereocenters. The first-order chi connectivity index (χ1) is 8.60. The van der Waals surface area contributed by atoms with E-state index in [1.807, 2.05) is 30.9 Å². The first kappa shape index (κ1) is 12.6. The molecule has 3 heteroatoms. The molecule has 18 heavy (non-hydrogen) atoms. The molecule has 0 aromatic heterocycles. The van der Waals surface area contributed by atoms with E-state index in [-0.39, 0.29) is 5.91 Å². The summed E-state index contributed by atoms with van der Waals surface area (Å²) in [6, 6.07) is 4.05. The molecule has 0 spiro atoms. The van der Waals surface area contributed by atoms with E-state index in [1.165, 1.54) is 0 Å². The van der Waals surface area contributed by atoms with Crippen molar-refractivity contribution in [1.29, 1.82) is 0 Å². The van der Waals surface area contributed by atoms with Crippen molar-refractivity contribution >= 4 is 17.3 Å². The van der Waals surface area contributed by atoms with Crippen molar-refractivity contribution in [2.24, 2.45) is 0 Å². The van der Waals surface area contributed by atoms with E-state index < -0.39 is 0 Å². The SMILES string of the molecule is [C-]#[N+]c1ccc(N2C(=O)CC[C@@H]2CC)c(C)c1C. The fourth-order valence-electron chi connectivity index (χ4n) is 2.64. The fraction of sp³-hybridized carbons (Fsp3) is 0.467. The molecular formula is C15H18N2O. The highest BCUT2D eigenvalue weighted by Crippen LogP contribution is 2.35. The van der Waals surface area contributed by atoms with Gasteiger partial charge < -0.3 is 4.90 Å². The standard InChI is InChI=1S/C15H18N2O/c1-5-12-6-9-15(18)17(12)14-8-7-13(16-4)10(2)11(14)3/h7-8,12H,5-6,9H2,1-3H3/t12-/m0/s1. The monoisotopic (exact) mass is 242 g/mol. The normalized spacial score (nSPS) is 19.1. The number of carbonyl (C=O) groups excluding carboxylic acids is 1. The van der Waals surface area contributed by atoms with Gasteiger partial charge in [-0.25, -0.2) is 4.85 Å². The highest BCUT2D eigenvalue weighted by molar-refractivity contribution is 5.97. The summed E-state index contributed by atoms with van der Waals surface area (Å²) >= 11 is 0. The van der Waals surface area contributed by atoms with E-state index in [1.54, 1.807) is 0 Å². The van der Waals surface area contributed by atoms with Gasteiger partial charge in [0.25, 0.3) is 0 Å². The van der Waals surface area contributed by atoms with E-state index in [0.29, 0.717) is 18.2 Å². The van der Waals surface area contributed by atoms with Crippen molar-refractivity contribution in [3.8, 4) is 0 Å². The van der Waals surface area contributed by atoms with Crippen molar-refractivity contribution in [2.45, 2.75) is 46.1 Å². The Bertz CT molecular complexity index is 528. The summed E-state index contributed by atoms with van der Waals surface area (Å²) in [4.78, 5) is 17.5. The number of anilines is 1. The lowest BCUT2D eigenvalue weighted by Crippen LogP contribution is -2.33. The first-order valence-electron chi connectivity index (χ1n) is 6.39. The Morgan fingerprint density at radius 2 is 2.11 bits per heavy atom. The molecule has 1 aromatic rings. The largest absolute Gasteiger partial charge is 0.309 e. The van der Waals surface area contributed by atoms with Gasteiger partial charge in [-0.1, -0.05) is 13.0 Å². The molecule has 0 saturated carbocycles. The van der Waals surface area contributed by atoms with E-state index >= 15 is 0 Å². The molecule has 1 fully saturated rings. The maximum atomic E-state index is 12.0. The number of nitrogens with zero attached hydrogens (tertiary/aromatic N) is 2. The van der Waals surface area contributed by atoms with Crippen LogP contribution < -0.4 is 4.90 Å². The van der Waals surface area contributed by atoms with Gasteiger partial charge in [0.1, 0.15) is 0 Å². The van der Waals surface area contributed by atoms with Gasteiger partial charge in [-0.2, -0.15) is 0 Å². The molecule has 94 valence electrons. The molecule has 0 bridgehead atoms. The van der Waals surface area contributed by atoms with Crippen LogP contribution in [0, 0.1) is 20.4 Å². The third-order valence-electron chi connectivity index (χ3n) is 3.91. The predicted octanol–water partition coefficient (Wildman–Crippen LogP) is 3.76.